The summed E-state index contributed by atoms with van der Waals surface area (Å²) in [5.41, 5.74) is 1.27. The molecule has 192 valence electrons. The van der Waals surface area contributed by atoms with Gasteiger partial charge in [0.2, 0.25) is 11.0 Å². The van der Waals surface area contributed by atoms with Gasteiger partial charge in [0.1, 0.15) is 5.75 Å². The molecule has 1 saturated heterocycles. The molecule has 1 aromatic heterocycles. The molecule has 2 aliphatic rings. The third kappa shape index (κ3) is 6.18. The predicted octanol–water partition coefficient (Wildman–Crippen LogP) is 5.28. The summed E-state index contributed by atoms with van der Waals surface area (Å²) in [6.07, 6.45) is 5.36. The molecule has 10 heteroatoms. The van der Waals surface area contributed by atoms with E-state index in [2.05, 4.69) is 16.4 Å². The van der Waals surface area contributed by atoms with Crippen molar-refractivity contribution in [3.8, 4) is 16.9 Å². The number of carbonyl (C=O) groups excluding carboxylic acids is 1. The predicted molar refractivity (Wildman–Crippen MR) is 140 cm³/mol. The number of sulfone groups is 1. The molecule has 8 nitrogen and oxygen atoms in total. The number of anilines is 1. The van der Waals surface area contributed by atoms with Crippen molar-refractivity contribution in [2.75, 3.05) is 18.5 Å². The molecular formula is C27H27N3O5S2. The summed E-state index contributed by atoms with van der Waals surface area (Å²) in [5.74, 6) is 0.194. The van der Waals surface area contributed by atoms with Gasteiger partial charge in [0.05, 0.1) is 33.9 Å². The fraction of sp³-hybridized carbons (Fsp3) is 0.370. The number of hydrogen-bond donors (Lipinski definition) is 1. The molecule has 1 N–H and O–H groups in total. The van der Waals surface area contributed by atoms with E-state index in [1.807, 2.05) is 0 Å². The Kier molecular flexibility index (Phi) is 7.55. The van der Waals surface area contributed by atoms with Crippen LogP contribution in [0.15, 0.2) is 59.6 Å². The fourth-order valence-corrected chi connectivity index (χ4v) is 6.82. The summed E-state index contributed by atoms with van der Waals surface area (Å²) in [7, 11) is -3.29. The highest BCUT2D eigenvalue weighted by molar-refractivity contribution is 7.92. The lowest BCUT2D eigenvalue weighted by molar-refractivity contribution is -0.118. The van der Waals surface area contributed by atoms with Crippen LogP contribution >= 0.6 is 11.3 Å². The number of hydrogen-bond acceptors (Lipinski definition) is 8. The van der Waals surface area contributed by atoms with Crippen LogP contribution in [0.1, 0.15) is 49.1 Å². The fourth-order valence-electron chi connectivity index (χ4n) is 4.47. The molecule has 5 rings (SSSR count). The second-order valence-electron chi connectivity index (χ2n) is 9.37. The van der Waals surface area contributed by atoms with Crippen molar-refractivity contribution >= 4 is 32.2 Å². The molecule has 3 aromatic rings. The second kappa shape index (κ2) is 11.0. The van der Waals surface area contributed by atoms with Crippen LogP contribution in [0.3, 0.4) is 0 Å². The third-order valence-electron chi connectivity index (χ3n) is 6.70. The lowest BCUT2D eigenvalue weighted by Gasteiger charge is -2.26. The van der Waals surface area contributed by atoms with E-state index in [4.69, 9.17) is 14.7 Å². The minimum Gasteiger partial charge on any atom is -0.445 e. The highest BCUT2D eigenvalue weighted by Crippen LogP contribution is 2.36. The van der Waals surface area contributed by atoms with Gasteiger partial charge >= 0.3 is 0 Å². The molecule has 1 aliphatic carbocycles. The van der Waals surface area contributed by atoms with E-state index in [0.717, 1.165) is 18.4 Å². The molecule has 1 aliphatic heterocycles. The van der Waals surface area contributed by atoms with Crippen LogP contribution in [0.5, 0.6) is 10.8 Å². The van der Waals surface area contributed by atoms with Gasteiger partial charge in [-0.25, -0.2) is 13.4 Å². The molecule has 37 heavy (non-hydrogen) atoms. The van der Waals surface area contributed by atoms with Gasteiger partial charge in [-0.05, 0) is 73.9 Å². The van der Waals surface area contributed by atoms with Crippen LogP contribution in [-0.2, 0) is 19.4 Å². The van der Waals surface area contributed by atoms with Crippen LogP contribution in [0.2, 0.25) is 0 Å². The van der Waals surface area contributed by atoms with E-state index in [-0.39, 0.29) is 11.2 Å². The monoisotopic (exact) mass is 537 g/mol. The number of benzene rings is 2. The van der Waals surface area contributed by atoms with Crippen LogP contribution in [0, 0.1) is 17.2 Å². The SMILES string of the molecule is N#Cc1cccc(Oc2cnc(NC(=O)[C@H](CC3CCOCC3)c3ccc(S(=O)(=O)C4CC4)cc3)s2)c1. The molecule has 0 bridgehead atoms. The first kappa shape index (κ1) is 25.4. The Balaban J connectivity index is 1.32. The molecule has 2 fully saturated rings. The molecule has 0 unspecified atom stereocenters. The lowest BCUT2D eigenvalue weighted by Crippen LogP contribution is -2.26. The number of ether oxygens (including phenoxy) is 2. The molecular weight excluding hydrogens is 510 g/mol. The second-order valence-corrected chi connectivity index (χ2v) is 12.6. The van der Waals surface area contributed by atoms with Crippen LogP contribution in [-0.4, -0.2) is 37.8 Å². The van der Waals surface area contributed by atoms with Gasteiger partial charge in [-0.2, -0.15) is 5.26 Å². The molecule has 1 saturated carbocycles. The molecule has 1 amide bonds. The number of thiazole rings is 1. The number of nitrogens with zero attached hydrogens (tertiary/aromatic N) is 2. The van der Waals surface area contributed by atoms with Gasteiger partial charge in [-0.3, -0.25) is 4.79 Å². The van der Waals surface area contributed by atoms with Gasteiger partial charge in [0.25, 0.3) is 0 Å². The first-order valence-electron chi connectivity index (χ1n) is 12.3. The van der Waals surface area contributed by atoms with Gasteiger partial charge in [0.15, 0.2) is 15.0 Å². The first-order valence-corrected chi connectivity index (χ1v) is 14.6. The summed E-state index contributed by atoms with van der Waals surface area (Å²) in [4.78, 5) is 18.1. The molecule has 0 radical (unpaired) electrons. The summed E-state index contributed by atoms with van der Waals surface area (Å²) < 4.78 is 36.5. The average Bonchev–Trinajstić information content (AvgIpc) is 3.70. The van der Waals surface area contributed by atoms with Gasteiger partial charge < -0.3 is 14.8 Å². The Hall–Kier alpha value is -3.26. The maximum atomic E-state index is 13.5. The van der Waals surface area contributed by atoms with Crippen molar-refractivity contribution < 1.29 is 22.7 Å². The normalized spacial score (nSPS) is 17.1. The van der Waals surface area contributed by atoms with E-state index in [0.29, 0.717) is 64.8 Å². The summed E-state index contributed by atoms with van der Waals surface area (Å²) in [6.45, 7) is 1.36. The largest absolute Gasteiger partial charge is 0.445 e. The average molecular weight is 538 g/mol. The van der Waals surface area contributed by atoms with Gasteiger partial charge in [0, 0.05) is 13.2 Å². The number of aromatic nitrogens is 1. The number of rotatable bonds is 9. The minimum absolute atomic E-state index is 0.198. The smallest absolute Gasteiger partial charge is 0.233 e. The van der Waals surface area contributed by atoms with Crippen LogP contribution < -0.4 is 10.1 Å². The van der Waals surface area contributed by atoms with Crippen molar-refractivity contribution in [2.24, 2.45) is 5.92 Å². The number of carbonyl (C=O) groups is 1. The van der Waals surface area contributed by atoms with E-state index in [1.165, 1.54) is 17.5 Å². The van der Waals surface area contributed by atoms with E-state index in [1.54, 1.807) is 48.5 Å². The Morgan fingerprint density at radius 3 is 2.62 bits per heavy atom. The van der Waals surface area contributed by atoms with Crippen molar-refractivity contribution in [2.45, 2.75) is 48.2 Å². The van der Waals surface area contributed by atoms with Crippen molar-refractivity contribution in [3.63, 3.8) is 0 Å². The first-order chi connectivity index (χ1) is 17.9. The molecule has 0 spiro atoms. The Bertz CT molecular complexity index is 1400. The van der Waals surface area contributed by atoms with Crippen molar-refractivity contribution in [1.82, 2.24) is 4.98 Å². The topological polar surface area (TPSA) is 118 Å². The quantitative estimate of drug-likeness (QED) is 0.394. The van der Waals surface area contributed by atoms with Crippen molar-refractivity contribution in [1.29, 1.82) is 5.26 Å². The number of nitrogens with one attached hydrogen (secondary N) is 1. The molecule has 2 aromatic carbocycles. The summed E-state index contributed by atoms with van der Waals surface area (Å²) in [5, 5.41) is 12.6. The Morgan fingerprint density at radius 2 is 1.92 bits per heavy atom. The Morgan fingerprint density at radius 1 is 1.16 bits per heavy atom. The minimum atomic E-state index is -3.29. The van der Waals surface area contributed by atoms with E-state index >= 15 is 0 Å². The molecule has 2 heterocycles. The van der Waals surface area contributed by atoms with Crippen LogP contribution in [0.4, 0.5) is 5.13 Å². The zero-order valence-corrected chi connectivity index (χ0v) is 21.8. The Labute approximate surface area is 220 Å². The highest BCUT2D eigenvalue weighted by Gasteiger charge is 2.37. The third-order valence-corrected chi connectivity index (χ3v) is 9.77. The van der Waals surface area contributed by atoms with Crippen molar-refractivity contribution in [3.05, 3.63) is 65.9 Å². The standard InChI is InChI=1S/C27H27N3O5S2/c28-16-19-2-1-3-21(14-19)35-25-17-29-27(36-25)30-26(31)24(15-18-10-12-34-13-11-18)20-4-6-22(7-5-20)37(32,33)23-8-9-23/h1-7,14,17-18,23-24H,8-13,15H2,(H,29,30,31)/t24-/m1/s1. The van der Waals surface area contributed by atoms with Crippen LogP contribution in [0.25, 0.3) is 0 Å². The number of nitriles is 1. The molecule has 1 atom stereocenters. The summed E-state index contributed by atoms with van der Waals surface area (Å²) >= 11 is 1.20. The van der Waals surface area contributed by atoms with Gasteiger partial charge in [-0.1, -0.05) is 29.5 Å². The zero-order valence-electron chi connectivity index (χ0n) is 20.1. The lowest BCUT2D eigenvalue weighted by atomic mass is 9.84. The summed E-state index contributed by atoms with van der Waals surface area (Å²) in [6, 6.07) is 15.7. The zero-order chi connectivity index (χ0) is 25.8. The maximum Gasteiger partial charge on any atom is 0.233 e. The van der Waals surface area contributed by atoms with E-state index in [9.17, 15) is 13.2 Å². The highest BCUT2D eigenvalue weighted by atomic mass is 32.2. The van der Waals surface area contributed by atoms with Gasteiger partial charge in [-0.15, -0.1) is 0 Å². The maximum absolute atomic E-state index is 13.5. The number of amides is 1. The van der Waals surface area contributed by atoms with E-state index < -0.39 is 15.8 Å².